The van der Waals surface area contributed by atoms with Gasteiger partial charge in [0.05, 0.1) is 12.6 Å². The first-order valence-corrected chi connectivity index (χ1v) is 12.1. The van der Waals surface area contributed by atoms with Crippen molar-refractivity contribution in [2.45, 2.75) is 56.3 Å². The van der Waals surface area contributed by atoms with Crippen molar-refractivity contribution >= 4 is 41.4 Å². The predicted molar refractivity (Wildman–Crippen MR) is 124 cm³/mol. The van der Waals surface area contributed by atoms with Crippen LogP contribution in [-0.4, -0.2) is 101 Å². The third-order valence-corrected chi connectivity index (χ3v) is 5.81. The third kappa shape index (κ3) is 9.43. The number of rotatable bonds is 14. The van der Waals surface area contributed by atoms with Crippen LogP contribution in [0.1, 0.15) is 32.1 Å². The summed E-state index contributed by atoms with van der Waals surface area (Å²) in [7, 11) is 0. The number of nitrogens with two attached hydrogens (primary N) is 3. The molecule has 1 fully saturated rings. The topological polar surface area (TPSA) is 226 Å². The van der Waals surface area contributed by atoms with Crippen LogP contribution in [0, 0.1) is 0 Å². The predicted octanol–water partition coefficient (Wildman–Crippen LogP) is -2.84. The minimum Gasteiger partial charge on any atom is -0.480 e. The fraction of sp³-hybridized carbons (Fsp3) is 0.737. The second kappa shape index (κ2) is 14.5. The van der Waals surface area contributed by atoms with Crippen molar-refractivity contribution < 1.29 is 29.4 Å². The number of carbonyl (C=O) groups excluding carboxylic acids is 3. The molecule has 33 heavy (non-hydrogen) atoms. The van der Waals surface area contributed by atoms with Crippen molar-refractivity contribution in [2.24, 2.45) is 22.2 Å². The van der Waals surface area contributed by atoms with Gasteiger partial charge in [-0.3, -0.25) is 19.4 Å². The quantitative estimate of drug-likeness (QED) is 0.0750. The molecule has 0 saturated carbocycles. The van der Waals surface area contributed by atoms with E-state index in [-0.39, 0.29) is 12.4 Å². The van der Waals surface area contributed by atoms with E-state index in [1.807, 2.05) is 6.26 Å². The van der Waals surface area contributed by atoms with E-state index in [2.05, 4.69) is 15.6 Å². The number of aliphatic hydroxyl groups excluding tert-OH is 1. The number of aliphatic hydroxyl groups is 1. The number of carboxylic acids is 1. The Labute approximate surface area is 196 Å². The summed E-state index contributed by atoms with van der Waals surface area (Å²) in [4.78, 5) is 54.5. The number of guanidine groups is 1. The summed E-state index contributed by atoms with van der Waals surface area (Å²) in [5.74, 6) is -2.57. The number of nitrogens with one attached hydrogen (secondary N) is 2. The lowest BCUT2D eigenvalue weighted by Crippen LogP contribution is -2.57. The van der Waals surface area contributed by atoms with E-state index < -0.39 is 54.5 Å². The maximum atomic E-state index is 12.8. The molecule has 4 atom stereocenters. The molecule has 0 aliphatic carbocycles. The lowest BCUT2D eigenvalue weighted by atomic mass is 10.1. The van der Waals surface area contributed by atoms with Crippen molar-refractivity contribution in [3.05, 3.63) is 0 Å². The summed E-state index contributed by atoms with van der Waals surface area (Å²) in [5, 5.41) is 23.6. The number of carbonyl (C=O) groups is 4. The van der Waals surface area contributed by atoms with Crippen molar-refractivity contribution in [3.8, 4) is 0 Å². The number of aliphatic imine (C=N–C) groups is 1. The zero-order valence-electron chi connectivity index (χ0n) is 18.7. The smallest absolute Gasteiger partial charge is 0.326 e. The number of aliphatic carboxylic acids is 1. The van der Waals surface area contributed by atoms with Crippen LogP contribution < -0.4 is 27.8 Å². The van der Waals surface area contributed by atoms with Crippen LogP contribution in [0.2, 0.25) is 0 Å². The van der Waals surface area contributed by atoms with Gasteiger partial charge in [-0.05, 0) is 44.1 Å². The van der Waals surface area contributed by atoms with Crippen LogP contribution in [0.25, 0.3) is 0 Å². The van der Waals surface area contributed by atoms with Gasteiger partial charge < -0.3 is 42.9 Å². The molecule has 188 valence electrons. The molecule has 0 aromatic carbocycles. The number of thioether (sulfide) groups is 1. The Morgan fingerprint density at radius 1 is 1.18 bits per heavy atom. The highest BCUT2D eigenvalue weighted by molar-refractivity contribution is 7.98. The zero-order valence-corrected chi connectivity index (χ0v) is 19.6. The molecule has 0 aromatic rings. The Morgan fingerprint density at radius 3 is 2.45 bits per heavy atom. The van der Waals surface area contributed by atoms with E-state index in [1.54, 1.807) is 0 Å². The molecule has 4 unspecified atom stereocenters. The van der Waals surface area contributed by atoms with Crippen LogP contribution in [-0.2, 0) is 19.2 Å². The maximum Gasteiger partial charge on any atom is 0.326 e. The van der Waals surface area contributed by atoms with Crippen LogP contribution >= 0.6 is 11.8 Å². The number of nitrogens with zero attached hydrogens (tertiary/aromatic N) is 2. The molecule has 3 amide bonds. The van der Waals surface area contributed by atoms with Crippen LogP contribution in [0.15, 0.2) is 4.99 Å². The molecular formula is C19H35N7O6S. The Bertz CT molecular complexity index is 719. The normalized spacial score (nSPS) is 18.2. The van der Waals surface area contributed by atoms with Crippen molar-refractivity contribution in [2.75, 3.05) is 31.7 Å². The monoisotopic (exact) mass is 489 g/mol. The van der Waals surface area contributed by atoms with E-state index in [0.717, 1.165) is 0 Å². The highest BCUT2D eigenvalue weighted by Gasteiger charge is 2.37. The maximum absolute atomic E-state index is 12.8. The van der Waals surface area contributed by atoms with Gasteiger partial charge >= 0.3 is 5.97 Å². The molecule has 1 aliphatic rings. The molecule has 0 spiro atoms. The molecular weight excluding hydrogens is 454 g/mol. The molecule has 0 radical (unpaired) electrons. The molecule has 0 bridgehead atoms. The van der Waals surface area contributed by atoms with Gasteiger partial charge in [-0.25, -0.2) is 4.79 Å². The van der Waals surface area contributed by atoms with Gasteiger partial charge in [-0.1, -0.05) is 0 Å². The fourth-order valence-corrected chi connectivity index (χ4v) is 3.86. The SMILES string of the molecule is CSCCC(NC(=O)C(CO)NC(=O)C1CCCN1C(=O)C(N)CCCN=C(N)N)C(=O)O. The number of hydrogen-bond donors (Lipinski definition) is 7. The van der Waals surface area contributed by atoms with Crippen LogP contribution in [0.5, 0.6) is 0 Å². The minimum atomic E-state index is -1.35. The summed E-state index contributed by atoms with van der Waals surface area (Å²) in [6.07, 6.45) is 3.78. The highest BCUT2D eigenvalue weighted by Crippen LogP contribution is 2.19. The first-order chi connectivity index (χ1) is 15.6. The summed E-state index contributed by atoms with van der Waals surface area (Å²) in [6, 6.07) is -4.16. The Hall–Kier alpha value is -2.58. The molecule has 1 aliphatic heterocycles. The van der Waals surface area contributed by atoms with E-state index in [1.165, 1.54) is 16.7 Å². The molecule has 10 N–H and O–H groups in total. The minimum absolute atomic E-state index is 0.0485. The summed E-state index contributed by atoms with van der Waals surface area (Å²) in [5.41, 5.74) is 16.5. The van der Waals surface area contributed by atoms with Crippen molar-refractivity contribution in [3.63, 3.8) is 0 Å². The van der Waals surface area contributed by atoms with Gasteiger partial charge in [0.1, 0.15) is 18.1 Å². The van der Waals surface area contributed by atoms with E-state index in [4.69, 9.17) is 17.2 Å². The van der Waals surface area contributed by atoms with Gasteiger partial charge in [0.25, 0.3) is 0 Å². The molecule has 1 heterocycles. The number of amides is 3. The Kier molecular flexibility index (Phi) is 12.5. The molecule has 1 saturated heterocycles. The third-order valence-electron chi connectivity index (χ3n) is 5.16. The van der Waals surface area contributed by atoms with E-state index in [0.29, 0.717) is 44.5 Å². The lowest BCUT2D eigenvalue weighted by Gasteiger charge is -2.28. The van der Waals surface area contributed by atoms with Gasteiger partial charge in [-0.15, -0.1) is 0 Å². The highest BCUT2D eigenvalue weighted by atomic mass is 32.2. The average molecular weight is 490 g/mol. The average Bonchev–Trinajstić information content (AvgIpc) is 3.26. The van der Waals surface area contributed by atoms with E-state index in [9.17, 15) is 29.4 Å². The number of likely N-dealkylation sites (tertiary alicyclic amines) is 1. The Morgan fingerprint density at radius 2 is 1.88 bits per heavy atom. The van der Waals surface area contributed by atoms with Gasteiger partial charge in [0, 0.05) is 13.1 Å². The molecule has 14 heteroatoms. The second-order valence-electron chi connectivity index (χ2n) is 7.67. The van der Waals surface area contributed by atoms with Crippen molar-refractivity contribution in [1.82, 2.24) is 15.5 Å². The van der Waals surface area contributed by atoms with E-state index >= 15 is 0 Å². The van der Waals surface area contributed by atoms with Crippen molar-refractivity contribution in [1.29, 1.82) is 0 Å². The second-order valence-corrected chi connectivity index (χ2v) is 8.66. The summed E-state index contributed by atoms with van der Waals surface area (Å²) in [6.45, 7) is -0.0590. The first-order valence-electron chi connectivity index (χ1n) is 10.7. The molecule has 0 aromatic heterocycles. The Balaban J connectivity index is 2.70. The summed E-state index contributed by atoms with van der Waals surface area (Å²) >= 11 is 1.43. The fourth-order valence-electron chi connectivity index (χ4n) is 3.39. The standard InChI is InChI=1S/C19H35N7O6S/c1-33-9-6-12(18(31)32)24-15(28)13(10-27)25-16(29)14-5-3-8-26(14)17(30)11(20)4-2-7-23-19(21)22/h11-14,27H,2-10,20H2,1H3,(H,24,28)(H,25,29)(H,31,32)(H4,21,22,23). The molecule has 1 rings (SSSR count). The van der Waals surface area contributed by atoms with Crippen LogP contribution in [0.4, 0.5) is 0 Å². The number of hydrogen-bond acceptors (Lipinski definition) is 8. The summed E-state index contributed by atoms with van der Waals surface area (Å²) < 4.78 is 0. The zero-order chi connectivity index (χ0) is 25.0. The van der Waals surface area contributed by atoms with Gasteiger partial charge in [-0.2, -0.15) is 11.8 Å². The lowest BCUT2D eigenvalue weighted by molar-refractivity contribution is -0.143. The molecule has 13 nitrogen and oxygen atoms in total. The van der Waals surface area contributed by atoms with Gasteiger partial charge in [0.15, 0.2) is 5.96 Å². The first kappa shape index (κ1) is 28.5. The largest absolute Gasteiger partial charge is 0.480 e. The van der Waals surface area contributed by atoms with Crippen LogP contribution in [0.3, 0.4) is 0 Å². The number of carboxylic acid groups (broad SMARTS) is 1. The van der Waals surface area contributed by atoms with Gasteiger partial charge in [0.2, 0.25) is 17.7 Å².